The van der Waals surface area contributed by atoms with Gasteiger partial charge in [-0.25, -0.2) is 0 Å². The fourth-order valence-corrected chi connectivity index (χ4v) is 3.93. The molecule has 7 nitrogen and oxygen atoms in total. The molecule has 0 aliphatic carbocycles. The minimum absolute atomic E-state index is 0.164. The van der Waals surface area contributed by atoms with Gasteiger partial charge < -0.3 is 10.1 Å². The van der Waals surface area contributed by atoms with Crippen LogP contribution in [0.5, 0.6) is 5.75 Å². The highest BCUT2D eigenvalue weighted by atomic mass is 32.1. The lowest BCUT2D eigenvalue weighted by molar-refractivity contribution is 0.0942. The Morgan fingerprint density at radius 3 is 2.77 bits per heavy atom. The van der Waals surface area contributed by atoms with Gasteiger partial charge in [0.2, 0.25) is 0 Å². The number of nitrogens with zero attached hydrogens (tertiary/aromatic N) is 4. The molecule has 3 aromatic heterocycles. The van der Waals surface area contributed by atoms with Crippen molar-refractivity contribution in [2.45, 2.75) is 13.5 Å². The number of amides is 1. The van der Waals surface area contributed by atoms with E-state index in [2.05, 4.69) is 27.6 Å². The van der Waals surface area contributed by atoms with E-state index in [0.717, 1.165) is 33.3 Å². The van der Waals surface area contributed by atoms with Crippen molar-refractivity contribution in [3.8, 4) is 27.6 Å². The lowest BCUT2D eigenvalue weighted by Crippen LogP contribution is -2.29. The monoisotopic (exact) mass is 421 g/mol. The van der Waals surface area contributed by atoms with Crippen molar-refractivity contribution >= 4 is 17.2 Å². The van der Waals surface area contributed by atoms with E-state index in [9.17, 15) is 4.79 Å². The molecule has 0 atom stereocenters. The zero-order valence-electron chi connectivity index (χ0n) is 17.1. The second kappa shape index (κ2) is 8.54. The molecule has 0 saturated heterocycles. The molecule has 0 spiro atoms. The molecule has 4 aromatic rings. The van der Waals surface area contributed by atoms with Crippen molar-refractivity contribution in [2.75, 3.05) is 13.7 Å². The van der Waals surface area contributed by atoms with Crippen LogP contribution in [0, 0.1) is 6.92 Å². The lowest BCUT2D eigenvalue weighted by Gasteiger charge is -2.07. The van der Waals surface area contributed by atoms with Gasteiger partial charge >= 0.3 is 0 Å². The smallest absolute Gasteiger partial charge is 0.269 e. The van der Waals surface area contributed by atoms with Gasteiger partial charge in [0.1, 0.15) is 17.1 Å². The second-order valence-electron chi connectivity index (χ2n) is 6.90. The Kier molecular flexibility index (Phi) is 5.67. The average Bonchev–Trinajstić information content (AvgIpc) is 3.48. The molecule has 154 valence electrons. The number of carbonyl (C=O) groups is 1. The predicted octanol–water partition coefficient (Wildman–Crippen LogP) is 3.76. The van der Waals surface area contributed by atoms with Crippen LogP contribution in [0.25, 0.3) is 21.8 Å². The summed E-state index contributed by atoms with van der Waals surface area (Å²) < 4.78 is 8.78. The number of benzene rings is 1. The molecular weight excluding hydrogens is 398 g/mol. The predicted molar refractivity (Wildman–Crippen MR) is 118 cm³/mol. The maximum absolute atomic E-state index is 12.7. The summed E-state index contributed by atoms with van der Waals surface area (Å²) in [5, 5.41) is 14.1. The summed E-state index contributed by atoms with van der Waals surface area (Å²) in [7, 11) is 3.39. The van der Waals surface area contributed by atoms with Gasteiger partial charge in [-0.3, -0.25) is 14.2 Å². The second-order valence-corrected chi connectivity index (χ2v) is 7.85. The van der Waals surface area contributed by atoms with Crippen molar-refractivity contribution < 1.29 is 9.53 Å². The van der Waals surface area contributed by atoms with Crippen molar-refractivity contribution in [2.24, 2.45) is 7.05 Å². The molecule has 1 N–H and O–H groups in total. The van der Waals surface area contributed by atoms with E-state index in [0.29, 0.717) is 18.8 Å². The third kappa shape index (κ3) is 4.13. The summed E-state index contributed by atoms with van der Waals surface area (Å²) in [6.07, 6.45) is 0. The van der Waals surface area contributed by atoms with Crippen LogP contribution in [-0.2, 0) is 13.6 Å². The van der Waals surface area contributed by atoms with Gasteiger partial charge in [0.25, 0.3) is 5.91 Å². The largest absolute Gasteiger partial charge is 0.497 e. The molecule has 4 rings (SSSR count). The Labute approximate surface area is 178 Å². The number of aromatic nitrogens is 4. The summed E-state index contributed by atoms with van der Waals surface area (Å²) in [5.41, 5.74) is 4.16. The minimum atomic E-state index is -0.164. The zero-order valence-corrected chi connectivity index (χ0v) is 17.9. The highest BCUT2D eigenvalue weighted by molar-refractivity contribution is 7.13. The van der Waals surface area contributed by atoms with Crippen LogP contribution in [0.15, 0.2) is 53.9 Å². The number of methoxy groups -OCH3 is 1. The summed E-state index contributed by atoms with van der Waals surface area (Å²) in [6, 6.07) is 15.5. The topological polar surface area (TPSA) is 74.0 Å². The molecule has 0 saturated carbocycles. The van der Waals surface area contributed by atoms with Crippen LogP contribution < -0.4 is 10.1 Å². The van der Waals surface area contributed by atoms with E-state index in [1.165, 1.54) is 0 Å². The first kappa shape index (κ1) is 19.9. The molecular formula is C22H23N5O2S. The Morgan fingerprint density at radius 2 is 2.00 bits per heavy atom. The number of hydrogen-bond donors (Lipinski definition) is 1. The maximum Gasteiger partial charge on any atom is 0.269 e. The number of nitrogens with one attached hydrogen (secondary N) is 1. The van der Waals surface area contributed by atoms with E-state index in [-0.39, 0.29) is 5.91 Å². The molecule has 0 aliphatic rings. The highest BCUT2D eigenvalue weighted by Gasteiger charge is 2.15. The van der Waals surface area contributed by atoms with Crippen molar-refractivity contribution in [3.05, 3.63) is 65.3 Å². The quantitative estimate of drug-likeness (QED) is 0.493. The van der Waals surface area contributed by atoms with Gasteiger partial charge in [-0.2, -0.15) is 10.2 Å². The summed E-state index contributed by atoms with van der Waals surface area (Å²) in [5.74, 6) is 0.586. The first-order valence-electron chi connectivity index (χ1n) is 9.60. The standard InChI is InChI=1S/C22H23N5O2S/c1-15-12-19(21-8-5-11-30-21)25-27(15)10-9-23-22(28)20-14-18(24-26(20)2)16-6-4-7-17(13-16)29-3/h4-8,11-14H,9-10H2,1-3H3,(H,23,28). The summed E-state index contributed by atoms with van der Waals surface area (Å²) in [6.45, 7) is 3.10. The van der Waals surface area contributed by atoms with E-state index >= 15 is 0 Å². The normalized spacial score (nSPS) is 10.9. The Bertz CT molecular complexity index is 1160. The van der Waals surface area contributed by atoms with Gasteiger partial charge in [-0.05, 0) is 42.6 Å². The van der Waals surface area contributed by atoms with E-state index < -0.39 is 0 Å². The van der Waals surface area contributed by atoms with Crippen LogP contribution in [0.1, 0.15) is 16.2 Å². The van der Waals surface area contributed by atoms with E-state index in [4.69, 9.17) is 4.74 Å². The Balaban J connectivity index is 1.41. The molecule has 30 heavy (non-hydrogen) atoms. The highest BCUT2D eigenvalue weighted by Crippen LogP contribution is 2.24. The van der Waals surface area contributed by atoms with Crippen LogP contribution >= 0.6 is 11.3 Å². The van der Waals surface area contributed by atoms with Crippen molar-refractivity contribution in [3.63, 3.8) is 0 Å². The molecule has 0 aliphatic heterocycles. The molecule has 1 aromatic carbocycles. The SMILES string of the molecule is COc1cccc(-c2cc(C(=O)NCCn3nc(-c4cccs4)cc3C)n(C)n2)c1. The van der Waals surface area contributed by atoms with Crippen LogP contribution in [0.4, 0.5) is 0 Å². The molecule has 1 amide bonds. The molecule has 3 heterocycles. The van der Waals surface area contributed by atoms with Crippen molar-refractivity contribution in [1.29, 1.82) is 0 Å². The average molecular weight is 422 g/mol. The number of carbonyl (C=O) groups excluding carboxylic acids is 1. The van der Waals surface area contributed by atoms with Crippen molar-refractivity contribution in [1.82, 2.24) is 24.9 Å². The fraction of sp³-hybridized carbons (Fsp3) is 0.227. The van der Waals surface area contributed by atoms with Gasteiger partial charge in [-0.1, -0.05) is 18.2 Å². The number of hydrogen-bond acceptors (Lipinski definition) is 5. The molecule has 0 bridgehead atoms. The first-order chi connectivity index (χ1) is 14.5. The van der Waals surface area contributed by atoms with E-state index in [1.807, 2.05) is 47.3 Å². The zero-order chi connectivity index (χ0) is 21.1. The van der Waals surface area contributed by atoms with Gasteiger partial charge in [-0.15, -0.1) is 11.3 Å². The third-order valence-corrected chi connectivity index (χ3v) is 5.73. The van der Waals surface area contributed by atoms with Crippen LogP contribution in [0.3, 0.4) is 0 Å². The summed E-state index contributed by atoms with van der Waals surface area (Å²) in [4.78, 5) is 13.8. The van der Waals surface area contributed by atoms with Crippen LogP contribution in [0.2, 0.25) is 0 Å². The number of ether oxygens (including phenoxy) is 1. The fourth-order valence-electron chi connectivity index (χ4n) is 3.25. The Morgan fingerprint density at radius 1 is 1.13 bits per heavy atom. The van der Waals surface area contributed by atoms with Gasteiger partial charge in [0.15, 0.2) is 0 Å². The molecule has 8 heteroatoms. The Hall–Kier alpha value is -3.39. The molecule has 0 unspecified atom stereocenters. The number of rotatable bonds is 7. The molecule has 0 radical (unpaired) electrons. The maximum atomic E-state index is 12.7. The van der Waals surface area contributed by atoms with E-state index in [1.54, 1.807) is 36.2 Å². The summed E-state index contributed by atoms with van der Waals surface area (Å²) >= 11 is 1.67. The van der Waals surface area contributed by atoms with Gasteiger partial charge in [0, 0.05) is 24.8 Å². The van der Waals surface area contributed by atoms with Crippen LogP contribution in [-0.4, -0.2) is 39.1 Å². The number of thiophene rings is 1. The molecule has 0 fully saturated rings. The number of aryl methyl sites for hydroxylation is 2. The lowest BCUT2D eigenvalue weighted by atomic mass is 10.1. The first-order valence-corrected chi connectivity index (χ1v) is 10.5. The minimum Gasteiger partial charge on any atom is -0.497 e. The third-order valence-electron chi connectivity index (χ3n) is 4.84. The van der Waals surface area contributed by atoms with Gasteiger partial charge in [0.05, 0.1) is 24.2 Å².